The molecule has 2 aliphatic rings. The minimum atomic E-state index is 0.708. The second-order valence-corrected chi connectivity index (χ2v) is 6.27. The highest BCUT2D eigenvalue weighted by atomic mass is 32.1. The monoisotopic (exact) mass is 250 g/mol. The largest absolute Gasteiger partial charge is 0.314 e. The number of nitrogens with one attached hydrogen (secondary N) is 1. The fourth-order valence-electron chi connectivity index (χ4n) is 3.40. The van der Waals surface area contributed by atoms with Crippen LogP contribution in [-0.4, -0.2) is 31.1 Å². The fourth-order valence-corrected chi connectivity index (χ4v) is 4.36. The molecule has 2 fully saturated rings. The summed E-state index contributed by atoms with van der Waals surface area (Å²) in [6, 6.07) is 5.26. The lowest BCUT2D eigenvalue weighted by molar-refractivity contribution is 0.128. The maximum Gasteiger partial charge on any atom is 0.0470 e. The summed E-state index contributed by atoms with van der Waals surface area (Å²) in [6.45, 7) is 4.77. The van der Waals surface area contributed by atoms with Crippen LogP contribution in [0.5, 0.6) is 0 Å². The summed E-state index contributed by atoms with van der Waals surface area (Å²) in [7, 11) is 0. The van der Waals surface area contributed by atoms with Gasteiger partial charge in [0.15, 0.2) is 0 Å². The third-order valence-corrected chi connectivity index (χ3v) is 5.17. The molecule has 1 saturated heterocycles. The smallest absolute Gasteiger partial charge is 0.0470 e. The summed E-state index contributed by atoms with van der Waals surface area (Å²) in [5, 5.41) is 5.70. The van der Waals surface area contributed by atoms with Gasteiger partial charge in [0.05, 0.1) is 0 Å². The summed E-state index contributed by atoms with van der Waals surface area (Å²) in [4.78, 5) is 4.32. The summed E-state index contributed by atoms with van der Waals surface area (Å²) in [6.07, 6.45) is 5.76. The molecule has 2 heterocycles. The van der Waals surface area contributed by atoms with Crippen molar-refractivity contribution >= 4 is 11.3 Å². The van der Waals surface area contributed by atoms with E-state index in [-0.39, 0.29) is 0 Å². The van der Waals surface area contributed by atoms with Crippen molar-refractivity contribution in [3.8, 4) is 0 Å². The number of rotatable bonds is 3. The van der Waals surface area contributed by atoms with Crippen molar-refractivity contribution in [3.05, 3.63) is 22.4 Å². The Balaban J connectivity index is 1.79. The molecule has 0 bridgehead atoms. The van der Waals surface area contributed by atoms with Gasteiger partial charge in [0.1, 0.15) is 0 Å². The molecule has 17 heavy (non-hydrogen) atoms. The van der Waals surface area contributed by atoms with Gasteiger partial charge in [0.2, 0.25) is 0 Å². The van der Waals surface area contributed by atoms with Crippen LogP contribution in [-0.2, 0) is 0 Å². The predicted molar refractivity (Wildman–Crippen MR) is 73.5 cm³/mol. The van der Waals surface area contributed by atoms with E-state index in [1.165, 1.54) is 38.8 Å². The molecule has 0 unspecified atom stereocenters. The van der Waals surface area contributed by atoms with E-state index < -0.39 is 0 Å². The molecule has 1 aromatic rings. The molecule has 3 rings (SSSR count). The third kappa shape index (κ3) is 2.56. The molecule has 2 nitrogen and oxygen atoms in total. The van der Waals surface area contributed by atoms with Crippen LogP contribution in [0.25, 0.3) is 0 Å². The van der Waals surface area contributed by atoms with Gasteiger partial charge in [-0.1, -0.05) is 18.9 Å². The zero-order chi connectivity index (χ0) is 11.5. The van der Waals surface area contributed by atoms with Gasteiger partial charge in [0.25, 0.3) is 0 Å². The van der Waals surface area contributed by atoms with E-state index in [0.29, 0.717) is 6.04 Å². The Morgan fingerprint density at radius 2 is 2.00 bits per heavy atom. The number of hydrogen-bond donors (Lipinski definition) is 1. The van der Waals surface area contributed by atoms with Crippen molar-refractivity contribution in [1.82, 2.24) is 10.2 Å². The molecule has 0 amide bonds. The molecule has 3 heteroatoms. The van der Waals surface area contributed by atoms with Crippen molar-refractivity contribution < 1.29 is 0 Å². The molecule has 1 aromatic heterocycles. The lowest BCUT2D eigenvalue weighted by Crippen LogP contribution is -2.46. The first-order valence-corrected chi connectivity index (χ1v) is 7.81. The maximum absolute atomic E-state index is 3.47. The quantitative estimate of drug-likeness (QED) is 0.887. The van der Waals surface area contributed by atoms with E-state index in [2.05, 4.69) is 27.7 Å². The molecule has 0 aromatic carbocycles. The van der Waals surface area contributed by atoms with Crippen molar-refractivity contribution in [3.63, 3.8) is 0 Å². The van der Waals surface area contributed by atoms with Crippen LogP contribution in [0.15, 0.2) is 17.5 Å². The van der Waals surface area contributed by atoms with Crippen molar-refractivity contribution in [2.45, 2.75) is 31.7 Å². The summed E-state index contributed by atoms with van der Waals surface area (Å²) < 4.78 is 0. The van der Waals surface area contributed by atoms with Gasteiger partial charge in [-0.25, -0.2) is 0 Å². The van der Waals surface area contributed by atoms with Crippen LogP contribution in [0, 0.1) is 5.92 Å². The van der Waals surface area contributed by atoms with Crippen LogP contribution in [0.1, 0.15) is 36.6 Å². The fraction of sp³-hybridized carbons (Fsp3) is 0.714. The van der Waals surface area contributed by atoms with E-state index in [1.807, 2.05) is 11.3 Å². The van der Waals surface area contributed by atoms with Crippen LogP contribution in [0.4, 0.5) is 0 Å². The van der Waals surface area contributed by atoms with Gasteiger partial charge in [-0.15, -0.1) is 11.3 Å². The van der Waals surface area contributed by atoms with Crippen molar-refractivity contribution in [2.24, 2.45) is 5.92 Å². The van der Waals surface area contributed by atoms with Crippen LogP contribution in [0.3, 0.4) is 0 Å². The SMILES string of the molecule is c1csc([C@H](C2CCCC2)N2CCNCC2)c1. The number of piperazine rings is 1. The Labute approximate surface area is 108 Å². The molecule has 1 aliphatic carbocycles. The Morgan fingerprint density at radius 1 is 1.24 bits per heavy atom. The maximum atomic E-state index is 3.47. The molecule has 1 N–H and O–H groups in total. The van der Waals surface area contributed by atoms with E-state index in [9.17, 15) is 0 Å². The highest BCUT2D eigenvalue weighted by Crippen LogP contribution is 2.41. The first-order chi connectivity index (χ1) is 8.45. The Kier molecular flexibility index (Phi) is 3.79. The minimum Gasteiger partial charge on any atom is -0.314 e. The molecular formula is C14H22N2S. The number of hydrogen-bond acceptors (Lipinski definition) is 3. The number of nitrogens with zero attached hydrogens (tertiary/aromatic N) is 1. The first-order valence-electron chi connectivity index (χ1n) is 6.93. The highest BCUT2D eigenvalue weighted by Gasteiger charge is 2.32. The van der Waals surface area contributed by atoms with Crippen LogP contribution in [0.2, 0.25) is 0 Å². The van der Waals surface area contributed by atoms with E-state index in [1.54, 1.807) is 4.88 Å². The summed E-state index contributed by atoms with van der Waals surface area (Å²) in [5.41, 5.74) is 0. The summed E-state index contributed by atoms with van der Waals surface area (Å²) >= 11 is 1.95. The molecule has 1 saturated carbocycles. The highest BCUT2D eigenvalue weighted by molar-refractivity contribution is 7.10. The van der Waals surface area contributed by atoms with Crippen molar-refractivity contribution in [1.29, 1.82) is 0 Å². The van der Waals surface area contributed by atoms with Crippen LogP contribution < -0.4 is 5.32 Å². The molecule has 1 atom stereocenters. The molecule has 94 valence electrons. The Hall–Kier alpha value is -0.380. The van der Waals surface area contributed by atoms with Gasteiger partial charge >= 0.3 is 0 Å². The van der Waals surface area contributed by atoms with E-state index in [4.69, 9.17) is 0 Å². The second-order valence-electron chi connectivity index (χ2n) is 5.29. The average molecular weight is 250 g/mol. The first kappa shape index (κ1) is 11.7. The predicted octanol–water partition coefficient (Wildman–Crippen LogP) is 2.88. The van der Waals surface area contributed by atoms with Gasteiger partial charge in [-0.3, -0.25) is 4.90 Å². The van der Waals surface area contributed by atoms with Gasteiger partial charge in [-0.2, -0.15) is 0 Å². The molecule has 0 spiro atoms. The topological polar surface area (TPSA) is 15.3 Å². The van der Waals surface area contributed by atoms with Crippen molar-refractivity contribution in [2.75, 3.05) is 26.2 Å². The van der Waals surface area contributed by atoms with Gasteiger partial charge in [-0.05, 0) is 30.2 Å². The average Bonchev–Trinajstić information content (AvgIpc) is 3.04. The van der Waals surface area contributed by atoms with Gasteiger partial charge < -0.3 is 5.32 Å². The van der Waals surface area contributed by atoms with Gasteiger partial charge in [0, 0.05) is 37.1 Å². The molecule has 1 aliphatic heterocycles. The van der Waals surface area contributed by atoms with Crippen LogP contribution >= 0.6 is 11.3 Å². The molecular weight excluding hydrogens is 228 g/mol. The zero-order valence-electron chi connectivity index (χ0n) is 10.4. The van der Waals surface area contributed by atoms with E-state index in [0.717, 1.165) is 19.0 Å². The third-order valence-electron chi connectivity index (χ3n) is 4.23. The zero-order valence-corrected chi connectivity index (χ0v) is 11.2. The molecule has 0 radical (unpaired) electrons. The Bertz CT molecular complexity index is 324. The van der Waals surface area contributed by atoms with E-state index >= 15 is 0 Å². The second kappa shape index (κ2) is 5.51. The lowest BCUT2D eigenvalue weighted by atomic mass is 9.94. The lowest BCUT2D eigenvalue weighted by Gasteiger charge is -2.37. The Morgan fingerprint density at radius 3 is 2.65 bits per heavy atom. The minimum absolute atomic E-state index is 0.708. The standard InChI is InChI=1S/C14H22N2S/c1-2-5-12(4-1)14(13-6-3-11-17-13)16-9-7-15-8-10-16/h3,6,11-12,14-15H,1-2,4-5,7-10H2/t14-/m0/s1. The summed E-state index contributed by atoms with van der Waals surface area (Å²) in [5.74, 6) is 0.909. The number of thiophene rings is 1. The normalized spacial score (nSPS) is 25.2.